The number of likely N-dealkylation sites (tertiary alicyclic amines) is 1. The van der Waals surface area contributed by atoms with Crippen molar-refractivity contribution in [2.24, 2.45) is 16.2 Å². The van der Waals surface area contributed by atoms with E-state index in [1.54, 1.807) is 45.6 Å². The minimum absolute atomic E-state index is 0.00367. The summed E-state index contributed by atoms with van der Waals surface area (Å²) in [5, 5.41) is 51.8. The number of hydrogen-bond acceptors (Lipinski definition) is 14. The zero-order valence-corrected chi connectivity index (χ0v) is 31.5. The van der Waals surface area contributed by atoms with E-state index in [2.05, 4.69) is 5.32 Å². The van der Waals surface area contributed by atoms with Gasteiger partial charge in [-0.05, 0) is 91.0 Å². The molecule has 1 aliphatic rings. The molecule has 1 aromatic carbocycles. The van der Waals surface area contributed by atoms with Crippen molar-refractivity contribution in [3.63, 3.8) is 0 Å². The second-order valence-corrected chi connectivity index (χ2v) is 14.9. The molecule has 0 aromatic heterocycles. The van der Waals surface area contributed by atoms with Crippen LogP contribution in [0.2, 0.25) is 0 Å². The summed E-state index contributed by atoms with van der Waals surface area (Å²) in [6.07, 6.45) is -0.825. The Morgan fingerprint density at radius 3 is 2.17 bits per heavy atom. The van der Waals surface area contributed by atoms with Crippen molar-refractivity contribution in [2.75, 3.05) is 59.2 Å². The molecular formula is C37H60N2O13. The smallest absolute Gasteiger partial charge is 0.311 e. The normalized spacial score (nSPS) is 17.5. The van der Waals surface area contributed by atoms with Crippen molar-refractivity contribution in [3.8, 4) is 11.5 Å². The molecule has 2 rings (SSSR count). The Labute approximate surface area is 306 Å². The van der Waals surface area contributed by atoms with E-state index < -0.39 is 59.6 Å². The minimum atomic E-state index is -1.46. The summed E-state index contributed by atoms with van der Waals surface area (Å²) in [6.45, 7) is 10.3. The first-order chi connectivity index (χ1) is 24.4. The second kappa shape index (κ2) is 20.7. The lowest BCUT2D eigenvalue weighted by Gasteiger charge is -2.39. The molecule has 52 heavy (non-hydrogen) atoms. The van der Waals surface area contributed by atoms with E-state index in [0.717, 1.165) is 12.0 Å². The van der Waals surface area contributed by atoms with Gasteiger partial charge in [0.2, 0.25) is 5.91 Å². The first-order valence-corrected chi connectivity index (χ1v) is 18.0. The fraction of sp³-hybridized carbons (Fsp3) is 0.730. The quantitative estimate of drug-likeness (QED) is 0.0386. The van der Waals surface area contributed by atoms with Crippen LogP contribution in [0.15, 0.2) is 18.2 Å². The highest BCUT2D eigenvalue weighted by Crippen LogP contribution is 2.46. The number of carbonyl (C=O) groups excluding carboxylic acids is 4. The van der Waals surface area contributed by atoms with E-state index >= 15 is 0 Å². The molecule has 5 unspecified atom stereocenters. The number of carbonyl (C=O) groups is 4. The molecule has 0 aliphatic carbocycles. The molecule has 1 saturated heterocycles. The highest BCUT2D eigenvalue weighted by Gasteiger charge is 2.50. The number of phenolic OH excluding ortho intramolecular Hbond substituents is 2. The second-order valence-electron chi connectivity index (χ2n) is 14.9. The van der Waals surface area contributed by atoms with Crippen molar-refractivity contribution in [1.29, 1.82) is 0 Å². The van der Waals surface area contributed by atoms with Gasteiger partial charge in [-0.3, -0.25) is 19.2 Å². The zero-order valence-electron chi connectivity index (χ0n) is 31.5. The van der Waals surface area contributed by atoms with Crippen LogP contribution in [0, 0.1) is 16.2 Å². The van der Waals surface area contributed by atoms with E-state index in [4.69, 9.17) is 18.9 Å². The Morgan fingerprint density at radius 1 is 0.904 bits per heavy atom. The van der Waals surface area contributed by atoms with Crippen molar-refractivity contribution in [3.05, 3.63) is 23.8 Å². The third-order valence-corrected chi connectivity index (χ3v) is 9.36. The predicted molar refractivity (Wildman–Crippen MR) is 189 cm³/mol. The van der Waals surface area contributed by atoms with Gasteiger partial charge < -0.3 is 54.7 Å². The van der Waals surface area contributed by atoms with Crippen LogP contribution in [0.25, 0.3) is 0 Å². The van der Waals surface area contributed by atoms with Crippen LogP contribution in [0.3, 0.4) is 0 Å². The molecule has 0 saturated carbocycles. The maximum absolute atomic E-state index is 13.6. The van der Waals surface area contributed by atoms with Gasteiger partial charge in [-0.15, -0.1) is 0 Å². The molecular weight excluding hydrogens is 680 g/mol. The van der Waals surface area contributed by atoms with Crippen molar-refractivity contribution < 1.29 is 63.7 Å². The van der Waals surface area contributed by atoms with Crippen LogP contribution in [-0.2, 0) is 44.5 Å². The number of aromatic hydroxyl groups is 2. The van der Waals surface area contributed by atoms with Gasteiger partial charge in [0.25, 0.3) is 0 Å². The largest absolute Gasteiger partial charge is 0.504 e. The maximum Gasteiger partial charge on any atom is 0.311 e. The first kappa shape index (κ1) is 44.7. The van der Waals surface area contributed by atoms with Gasteiger partial charge in [0, 0.05) is 19.5 Å². The number of phenols is 2. The predicted octanol–water partition coefficient (Wildman–Crippen LogP) is 1.83. The number of esters is 3. The van der Waals surface area contributed by atoms with Gasteiger partial charge in [-0.1, -0.05) is 13.0 Å². The lowest BCUT2D eigenvalue weighted by atomic mass is 9.65. The molecule has 15 heteroatoms. The van der Waals surface area contributed by atoms with Crippen LogP contribution in [0.1, 0.15) is 79.2 Å². The number of aliphatic hydroxyl groups is 3. The van der Waals surface area contributed by atoms with Crippen molar-refractivity contribution in [2.45, 2.75) is 98.4 Å². The number of nitrogens with one attached hydrogen (secondary N) is 1. The summed E-state index contributed by atoms with van der Waals surface area (Å²) < 4.78 is 22.1. The number of nitrogens with zero attached hydrogens (tertiary/aromatic N) is 1. The van der Waals surface area contributed by atoms with Gasteiger partial charge in [-0.2, -0.15) is 0 Å². The van der Waals surface area contributed by atoms with Crippen molar-refractivity contribution >= 4 is 23.8 Å². The summed E-state index contributed by atoms with van der Waals surface area (Å²) in [4.78, 5) is 53.9. The topological polar surface area (TPSA) is 222 Å². The molecule has 6 N–H and O–H groups in total. The molecule has 296 valence electrons. The van der Waals surface area contributed by atoms with Crippen LogP contribution in [-0.4, -0.2) is 132 Å². The number of hydrogen-bond donors (Lipinski definition) is 6. The molecule has 1 amide bonds. The lowest BCUT2D eigenvalue weighted by Crippen LogP contribution is -2.45. The summed E-state index contributed by atoms with van der Waals surface area (Å²) in [5.41, 5.74) is -3.10. The zero-order chi connectivity index (χ0) is 39.1. The van der Waals surface area contributed by atoms with Crippen LogP contribution < -0.4 is 5.32 Å². The summed E-state index contributed by atoms with van der Waals surface area (Å²) >= 11 is 0. The number of aliphatic hydroxyl groups excluding tert-OH is 3. The van der Waals surface area contributed by atoms with Crippen LogP contribution >= 0.6 is 0 Å². The number of ether oxygens (including phenoxy) is 4. The Hall–Kier alpha value is -3.50. The summed E-state index contributed by atoms with van der Waals surface area (Å²) in [5.74, 6) is -2.41. The SMILES string of the molecule is CCC(C)(CC(C)(CC(C)(C)C(=O)OCC(O)COC(C)CNCCc1ccc(O)c(O)c1)C(=O)OCC(O)CO)C(=O)OCCN1CCCC1=O. The van der Waals surface area contributed by atoms with Gasteiger partial charge >= 0.3 is 17.9 Å². The fourth-order valence-corrected chi connectivity index (χ4v) is 6.23. The molecule has 1 fully saturated rings. The number of benzene rings is 1. The first-order valence-electron chi connectivity index (χ1n) is 18.0. The molecule has 0 spiro atoms. The fourth-order valence-electron chi connectivity index (χ4n) is 6.23. The van der Waals surface area contributed by atoms with E-state index in [0.29, 0.717) is 32.5 Å². The summed E-state index contributed by atoms with van der Waals surface area (Å²) in [7, 11) is 0. The Kier molecular flexibility index (Phi) is 17.7. The Morgan fingerprint density at radius 2 is 1.56 bits per heavy atom. The third kappa shape index (κ3) is 14.1. The molecule has 0 radical (unpaired) electrons. The van der Waals surface area contributed by atoms with Gasteiger partial charge in [0.15, 0.2) is 11.5 Å². The summed E-state index contributed by atoms with van der Waals surface area (Å²) in [6, 6.07) is 4.64. The number of amides is 1. The number of rotatable bonds is 24. The lowest BCUT2D eigenvalue weighted by molar-refractivity contribution is -0.172. The van der Waals surface area contributed by atoms with Crippen molar-refractivity contribution in [1.82, 2.24) is 10.2 Å². The van der Waals surface area contributed by atoms with E-state index in [1.807, 2.05) is 6.92 Å². The molecule has 15 nitrogen and oxygen atoms in total. The average Bonchev–Trinajstić information content (AvgIpc) is 3.51. The third-order valence-electron chi connectivity index (χ3n) is 9.36. The standard InChI is InChI=1S/C37H60N2O13/c1-7-36(5,33(47)49-16-15-39-14-8-9-31(39)45)24-37(6,34(48)52-20-27(41)19-40)23-35(3,4)32(46)51-22-28(42)21-50-25(2)18-38-13-12-26-10-11-29(43)30(44)17-26/h10-11,17,25,27-28,38,40-44H,7-9,12-16,18-24H2,1-6H3. The monoisotopic (exact) mass is 740 g/mol. The van der Waals surface area contributed by atoms with Gasteiger partial charge in [0.1, 0.15) is 32.0 Å². The molecule has 0 bridgehead atoms. The average molecular weight is 741 g/mol. The van der Waals surface area contributed by atoms with E-state index in [-0.39, 0.29) is 69.1 Å². The highest BCUT2D eigenvalue weighted by atomic mass is 16.6. The maximum atomic E-state index is 13.6. The van der Waals surface area contributed by atoms with Gasteiger partial charge in [0.05, 0.1) is 42.1 Å². The Bertz CT molecular complexity index is 1320. The molecule has 5 atom stereocenters. The molecule has 1 aliphatic heterocycles. The Balaban J connectivity index is 1.96. The molecule has 1 heterocycles. The van der Waals surface area contributed by atoms with E-state index in [9.17, 15) is 44.7 Å². The minimum Gasteiger partial charge on any atom is -0.504 e. The molecule has 1 aromatic rings. The van der Waals surface area contributed by atoms with Crippen LogP contribution in [0.4, 0.5) is 0 Å². The van der Waals surface area contributed by atoms with Gasteiger partial charge in [-0.25, -0.2) is 0 Å². The van der Waals surface area contributed by atoms with Crippen LogP contribution in [0.5, 0.6) is 11.5 Å². The van der Waals surface area contributed by atoms with E-state index in [1.165, 1.54) is 12.1 Å². The highest BCUT2D eigenvalue weighted by molar-refractivity contribution is 5.83.